The molecule has 2 aromatic carbocycles. The number of amides is 5. The fraction of sp³-hybridized carbons (Fsp3) is 0.537. The number of sulfone groups is 1. The number of rotatable bonds is 10. The molecular weight excluding hydrogens is 739 g/mol. The molecule has 3 saturated carbocycles. The number of hydrogen-bond acceptors (Lipinski definition) is 10. The molecule has 3 N–H and O–H groups in total. The van der Waals surface area contributed by atoms with Crippen LogP contribution >= 0.6 is 0 Å². The van der Waals surface area contributed by atoms with E-state index < -0.39 is 78.5 Å². The number of nitrogens with zero attached hydrogens (tertiary/aromatic N) is 3. The zero-order chi connectivity index (χ0) is 40.6. The van der Waals surface area contributed by atoms with Gasteiger partial charge in [-0.2, -0.15) is 0 Å². The summed E-state index contributed by atoms with van der Waals surface area (Å²) in [5.74, 6) is -0.489. The molecule has 1 saturated heterocycles. The van der Waals surface area contributed by atoms with Crippen LogP contribution in [0.4, 0.5) is 9.59 Å². The maximum absolute atomic E-state index is 15.0. The Kier molecular flexibility index (Phi) is 9.57. The first-order chi connectivity index (χ1) is 26.2. The van der Waals surface area contributed by atoms with E-state index in [0.29, 0.717) is 53.8 Å². The van der Waals surface area contributed by atoms with E-state index >= 15 is 0 Å². The van der Waals surface area contributed by atoms with E-state index in [2.05, 4.69) is 5.32 Å². The summed E-state index contributed by atoms with van der Waals surface area (Å²) < 4.78 is 46.0. The normalized spacial score (nSPS) is 23.3. The van der Waals surface area contributed by atoms with Crippen molar-refractivity contribution in [2.45, 2.75) is 114 Å². The van der Waals surface area contributed by atoms with Crippen LogP contribution < -0.4 is 20.5 Å². The van der Waals surface area contributed by atoms with Crippen molar-refractivity contribution in [1.29, 1.82) is 0 Å². The molecule has 4 atom stereocenters. The van der Waals surface area contributed by atoms with Gasteiger partial charge in [0.1, 0.15) is 35.3 Å². The average Bonchev–Trinajstić information content (AvgIpc) is 4.06. The zero-order valence-electron chi connectivity index (χ0n) is 33.0. The number of likely N-dealkylation sites (tertiary alicyclic amines) is 1. The summed E-state index contributed by atoms with van der Waals surface area (Å²) in [6, 6.07) is 13.0. The third-order valence-electron chi connectivity index (χ3n) is 11.3. The first kappa shape index (κ1) is 39.3. The van der Waals surface area contributed by atoms with E-state index in [9.17, 15) is 27.6 Å². The lowest BCUT2D eigenvalue weighted by atomic mass is 9.85. The third kappa shape index (κ3) is 7.03. The number of nitrogens with two attached hydrogens (primary N) is 1. The van der Waals surface area contributed by atoms with E-state index in [0.717, 1.165) is 10.5 Å². The molecule has 14 nitrogen and oxygen atoms in total. The Labute approximate surface area is 327 Å². The van der Waals surface area contributed by atoms with Crippen LogP contribution in [-0.4, -0.2) is 94.7 Å². The highest BCUT2D eigenvalue weighted by atomic mass is 32.2. The fourth-order valence-electron chi connectivity index (χ4n) is 8.18. The van der Waals surface area contributed by atoms with Crippen LogP contribution in [0.15, 0.2) is 54.6 Å². The number of pyridine rings is 1. The zero-order valence-corrected chi connectivity index (χ0v) is 33.8. The van der Waals surface area contributed by atoms with Crippen molar-refractivity contribution in [2.75, 3.05) is 13.7 Å². The average molecular weight is 790 g/mol. The van der Waals surface area contributed by atoms with E-state index in [1.54, 1.807) is 66.9 Å². The van der Waals surface area contributed by atoms with Crippen molar-refractivity contribution in [1.82, 2.24) is 20.1 Å². The van der Waals surface area contributed by atoms with Crippen molar-refractivity contribution in [3.8, 4) is 22.8 Å². The van der Waals surface area contributed by atoms with Gasteiger partial charge in [-0.05, 0) is 70.4 Å². The molecule has 300 valence electrons. The summed E-state index contributed by atoms with van der Waals surface area (Å²) in [5, 5.41) is 2.71. The summed E-state index contributed by atoms with van der Waals surface area (Å²) >= 11 is 0. The van der Waals surface area contributed by atoms with Crippen LogP contribution in [0.5, 0.6) is 11.5 Å². The Morgan fingerprint density at radius 2 is 1.68 bits per heavy atom. The number of aromatic nitrogens is 1. The Hall–Kier alpha value is -4.92. The quantitative estimate of drug-likeness (QED) is 0.263. The van der Waals surface area contributed by atoms with Crippen molar-refractivity contribution in [2.24, 2.45) is 16.6 Å². The Morgan fingerprint density at radius 1 is 1.00 bits per heavy atom. The largest absolute Gasteiger partial charge is 0.497 e. The highest BCUT2D eigenvalue weighted by Gasteiger charge is 2.85. The molecule has 7 rings (SSSR count). The number of nitrogens with one attached hydrogen (secondary N) is 1. The minimum atomic E-state index is -3.97. The predicted octanol–water partition coefficient (Wildman–Crippen LogP) is 5.56. The lowest BCUT2D eigenvalue weighted by Gasteiger charge is -2.37. The number of ether oxygens (including phenoxy) is 3. The van der Waals surface area contributed by atoms with Gasteiger partial charge >= 0.3 is 12.1 Å². The number of methoxy groups -OCH3 is 1. The maximum atomic E-state index is 15.0. The van der Waals surface area contributed by atoms with Crippen LogP contribution in [-0.2, 0) is 24.2 Å². The lowest BCUT2D eigenvalue weighted by molar-refractivity contribution is -0.145. The van der Waals surface area contributed by atoms with E-state index in [-0.39, 0.29) is 19.4 Å². The number of alkyl carbamates (subject to hydrolysis) is 1. The van der Waals surface area contributed by atoms with Gasteiger partial charge < -0.3 is 30.2 Å². The SMILES string of the molecule is COc1ccc2c(OC3CC(C(=O)N(C(N)=O)C4(S(=O)(=O)C5CC5)CC45CC5)N(C(=O)C(NC(=O)OC(C)(C)C)C(C)(C)C)C3)cc(-c3ccccc3)nc2c1. The second-order valence-electron chi connectivity index (χ2n) is 17.7. The number of fused-ring (bicyclic) bond motifs is 1. The van der Waals surface area contributed by atoms with Gasteiger partial charge in [0.2, 0.25) is 5.91 Å². The Bertz CT molecular complexity index is 2190. The van der Waals surface area contributed by atoms with Crippen molar-refractivity contribution >= 4 is 44.7 Å². The molecule has 56 heavy (non-hydrogen) atoms. The summed E-state index contributed by atoms with van der Waals surface area (Å²) in [6.45, 7) is 10.3. The van der Waals surface area contributed by atoms with Gasteiger partial charge in [0.15, 0.2) is 14.7 Å². The molecule has 4 unspecified atom stereocenters. The van der Waals surface area contributed by atoms with Crippen LogP contribution in [0.1, 0.15) is 80.1 Å². The standard InChI is InChI=1S/C41H51N5O9S/c1-38(2,3)33(44-37(50)55-39(4,5)6)35(48)45-22-26(54-32-21-29(24-11-9-8-10-12-24)43-30-19-25(53-7)13-16-28(30)32)20-31(45)34(47)46(36(42)49)41(23-40(41)17-18-40)56(51,52)27-14-15-27/h8-13,16,19,21,26-27,31,33H,14-15,17-18,20,22-23H2,1-7H3,(H2,42,49)(H,44,50). The summed E-state index contributed by atoms with van der Waals surface area (Å²) in [5.41, 5.74) is 5.53. The van der Waals surface area contributed by atoms with Gasteiger partial charge in [-0.25, -0.2) is 27.9 Å². The highest BCUT2D eigenvalue weighted by Crippen LogP contribution is 2.78. The number of carbonyl (C=O) groups is 4. The Morgan fingerprint density at radius 3 is 2.23 bits per heavy atom. The smallest absolute Gasteiger partial charge is 0.408 e. The molecule has 2 heterocycles. The number of carbonyl (C=O) groups excluding carboxylic acids is 4. The highest BCUT2D eigenvalue weighted by molar-refractivity contribution is 7.94. The maximum Gasteiger partial charge on any atom is 0.408 e. The molecule has 1 aromatic heterocycles. The molecule has 3 aliphatic carbocycles. The van der Waals surface area contributed by atoms with Gasteiger partial charge in [-0.3, -0.25) is 9.59 Å². The first-order valence-electron chi connectivity index (χ1n) is 19.1. The summed E-state index contributed by atoms with van der Waals surface area (Å²) in [7, 11) is -2.41. The van der Waals surface area contributed by atoms with Crippen LogP contribution in [0, 0.1) is 10.8 Å². The van der Waals surface area contributed by atoms with Gasteiger partial charge in [0, 0.05) is 34.9 Å². The fourth-order valence-corrected chi connectivity index (χ4v) is 11.2. The first-order valence-corrected chi connectivity index (χ1v) is 20.6. The monoisotopic (exact) mass is 789 g/mol. The van der Waals surface area contributed by atoms with Crippen LogP contribution in [0.3, 0.4) is 0 Å². The molecule has 0 bridgehead atoms. The minimum Gasteiger partial charge on any atom is -0.497 e. The minimum absolute atomic E-state index is 0.0924. The van der Waals surface area contributed by atoms with E-state index in [1.165, 1.54) is 4.90 Å². The molecule has 4 aliphatic rings. The number of benzene rings is 2. The van der Waals surface area contributed by atoms with Crippen LogP contribution in [0.25, 0.3) is 22.2 Å². The third-order valence-corrected chi connectivity index (χ3v) is 14.4. The van der Waals surface area contributed by atoms with Crippen LogP contribution in [0.2, 0.25) is 0 Å². The number of primary amides is 1. The topological polar surface area (TPSA) is 188 Å². The number of imide groups is 1. The van der Waals surface area contributed by atoms with Crippen molar-refractivity contribution in [3.05, 3.63) is 54.6 Å². The molecule has 1 spiro atoms. The molecule has 15 heteroatoms. The molecule has 5 amide bonds. The Balaban J connectivity index is 1.29. The lowest BCUT2D eigenvalue weighted by Crippen LogP contribution is -2.62. The molecule has 1 aliphatic heterocycles. The second-order valence-corrected chi connectivity index (χ2v) is 20.1. The predicted molar refractivity (Wildman–Crippen MR) is 208 cm³/mol. The summed E-state index contributed by atoms with van der Waals surface area (Å²) in [4.78, 5) is 61.5. The van der Waals surface area contributed by atoms with E-state index in [4.69, 9.17) is 24.9 Å². The molecule has 3 aromatic rings. The van der Waals surface area contributed by atoms with Gasteiger partial charge in [0.25, 0.3) is 5.91 Å². The van der Waals surface area contributed by atoms with E-state index in [1.807, 2.05) is 36.4 Å². The van der Waals surface area contributed by atoms with Gasteiger partial charge in [0.05, 0.1) is 30.1 Å². The van der Waals surface area contributed by atoms with Gasteiger partial charge in [-0.15, -0.1) is 0 Å². The second kappa shape index (κ2) is 13.6. The van der Waals surface area contributed by atoms with Crippen molar-refractivity contribution in [3.63, 3.8) is 0 Å². The van der Waals surface area contributed by atoms with Crippen molar-refractivity contribution < 1.29 is 41.8 Å². The summed E-state index contributed by atoms with van der Waals surface area (Å²) in [6.07, 6.45) is 0.380. The molecular formula is C41H51N5O9S. The number of urea groups is 1. The number of hydrogen-bond donors (Lipinski definition) is 2. The molecule has 0 radical (unpaired) electrons. The van der Waals surface area contributed by atoms with Gasteiger partial charge in [-0.1, -0.05) is 51.1 Å². The molecule has 4 fully saturated rings.